The molecule has 6 heteroatoms. The molecular formula is C11H16BrN3O2. The van der Waals surface area contributed by atoms with Crippen LogP contribution < -0.4 is 16.2 Å². The number of nitrogens with two attached hydrogens (primary N) is 1. The molecular weight excluding hydrogens is 286 g/mol. The zero-order valence-electron chi connectivity index (χ0n) is 9.65. The van der Waals surface area contributed by atoms with Gasteiger partial charge in [-0.05, 0) is 25.1 Å². The zero-order chi connectivity index (χ0) is 12.7. The van der Waals surface area contributed by atoms with E-state index in [-0.39, 0.29) is 0 Å². The highest BCUT2D eigenvalue weighted by Gasteiger charge is 2.03. The van der Waals surface area contributed by atoms with Gasteiger partial charge in [-0.25, -0.2) is 10.6 Å². The Bertz CT molecular complexity index is 373. The van der Waals surface area contributed by atoms with E-state index in [4.69, 9.17) is 10.6 Å². The van der Waals surface area contributed by atoms with E-state index >= 15 is 0 Å². The molecule has 0 atom stereocenters. The molecule has 0 radical (unpaired) electrons. The van der Waals surface area contributed by atoms with Gasteiger partial charge < -0.3 is 15.1 Å². The van der Waals surface area contributed by atoms with Crippen LogP contribution in [0.15, 0.2) is 28.7 Å². The number of ether oxygens (including phenoxy) is 1. The first-order valence-corrected chi connectivity index (χ1v) is 6.11. The van der Waals surface area contributed by atoms with Crippen molar-refractivity contribution in [3.8, 4) is 0 Å². The molecule has 0 aliphatic heterocycles. The number of nitrogens with one attached hydrogen (secondary N) is 1. The number of hydrogen-bond acceptors (Lipinski definition) is 4. The normalized spacial score (nSPS) is 9.82. The lowest BCUT2D eigenvalue weighted by Gasteiger charge is -2.18. The summed E-state index contributed by atoms with van der Waals surface area (Å²) in [7, 11) is 0. The number of benzene rings is 1. The molecule has 94 valence electrons. The van der Waals surface area contributed by atoms with Crippen LogP contribution in [0.25, 0.3) is 0 Å². The lowest BCUT2D eigenvalue weighted by molar-refractivity contribution is 0.152. The average Bonchev–Trinajstić information content (AvgIpc) is 2.29. The fourth-order valence-electron chi connectivity index (χ4n) is 1.24. The maximum Gasteiger partial charge on any atom is 0.407 e. The van der Waals surface area contributed by atoms with Crippen LogP contribution in [0, 0.1) is 0 Å². The average molecular weight is 302 g/mol. The first-order valence-electron chi connectivity index (χ1n) is 5.32. The van der Waals surface area contributed by atoms with Crippen molar-refractivity contribution in [3.05, 3.63) is 28.7 Å². The van der Waals surface area contributed by atoms with E-state index < -0.39 is 6.09 Å². The SMILES string of the molecule is CCOC(=O)NCCN(N)c1cccc(Br)c1. The topological polar surface area (TPSA) is 67.6 Å². The van der Waals surface area contributed by atoms with Crippen molar-refractivity contribution in [2.75, 3.05) is 24.7 Å². The Hall–Kier alpha value is -1.27. The number of amides is 1. The Morgan fingerprint density at radius 3 is 3.00 bits per heavy atom. The molecule has 0 aliphatic carbocycles. The van der Waals surface area contributed by atoms with E-state index in [9.17, 15) is 4.79 Å². The van der Waals surface area contributed by atoms with E-state index in [1.165, 1.54) is 0 Å². The second kappa shape index (κ2) is 7.13. The summed E-state index contributed by atoms with van der Waals surface area (Å²) < 4.78 is 5.69. The first-order chi connectivity index (χ1) is 8.13. The molecule has 3 N–H and O–H groups in total. The third-order valence-electron chi connectivity index (χ3n) is 2.04. The van der Waals surface area contributed by atoms with Gasteiger partial charge in [-0.15, -0.1) is 0 Å². The number of hydrazine groups is 1. The van der Waals surface area contributed by atoms with Gasteiger partial charge >= 0.3 is 6.09 Å². The minimum Gasteiger partial charge on any atom is -0.450 e. The standard InChI is InChI=1S/C11H16BrN3O2/c1-2-17-11(16)14-6-7-15(13)10-5-3-4-9(12)8-10/h3-5,8H,2,6-7,13H2,1H3,(H,14,16). The molecule has 0 unspecified atom stereocenters. The predicted molar refractivity (Wildman–Crippen MR) is 70.7 cm³/mol. The summed E-state index contributed by atoms with van der Waals surface area (Å²) in [5.74, 6) is 5.84. The van der Waals surface area contributed by atoms with Gasteiger partial charge in [-0.2, -0.15) is 0 Å². The summed E-state index contributed by atoms with van der Waals surface area (Å²) in [4.78, 5) is 11.0. The molecule has 0 spiro atoms. The van der Waals surface area contributed by atoms with Crippen LogP contribution in [-0.4, -0.2) is 25.8 Å². The minimum absolute atomic E-state index is 0.365. The van der Waals surface area contributed by atoms with Crippen molar-refractivity contribution < 1.29 is 9.53 Å². The molecule has 1 aromatic rings. The first kappa shape index (κ1) is 13.8. The zero-order valence-corrected chi connectivity index (χ0v) is 11.2. The van der Waals surface area contributed by atoms with Crippen molar-refractivity contribution in [1.29, 1.82) is 0 Å². The van der Waals surface area contributed by atoms with Crippen molar-refractivity contribution in [3.63, 3.8) is 0 Å². The Labute approximate surface area is 109 Å². The largest absolute Gasteiger partial charge is 0.450 e. The Morgan fingerprint density at radius 1 is 1.59 bits per heavy atom. The lowest BCUT2D eigenvalue weighted by Crippen LogP contribution is -2.39. The lowest BCUT2D eigenvalue weighted by atomic mass is 10.3. The Morgan fingerprint density at radius 2 is 2.35 bits per heavy atom. The molecule has 0 saturated carbocycles. The number of halogens is 1. The molecule has 0 aromatic heterocycles. The summed E-state index contributed by atoms with van der Waals surface area (Å²) in [6.07, 6.45) is -0.421. The summed E-state index contributed by atoms with van der Waals surface area (Å²) in [5.41, 5.74) is 0.880. The molecule has 0 aliphatic rings. The number of nitrogens with zero attached hydrogens (tertiary/aromatic N) is 1. The van der Waals surface area contributed by atoms with Crippen LogP contribution in [0.5, 0.6) is 0 Å². The highest BCUT2D eigenvalue weighted by molar-refractivity contribution is 9.10. The molecule has 1 amide bonds. The van der Waals surface area contributed by atoms with Crippen LogP contribution in [0.4, 0.5) is 10.5 Å². The number of hydrogen-bond donors (Lipinski definition) is 2. The van der Waals surface area contributed by atoms with Crippen LogP contribution in [0.3, 0.4) is 0 Å². The van der Waals surface area contributed by atoms with Gasteiger partial charge in [0.15, 0.2) is 0 Å². The van der Waals surface area contributed by atoms with Gasteiger partial charge in [0.05, 0.1) is 18.8 Å². The molecule has 1 aromatic carbocycles. The highest BCUT2D eigenvalue weighted by Crippen LogP contribution is 2.17. The number of alkyl carbamates (subject to hydrolysis) is 1. The predicted octanol–water partition coefficient (Wildman–Crippen LogP) is 1.88. The summed E-state index contributed by atoms with van der Waals surface area (Å²) >= 11 is 3.37. The van der Waals surface area contributed by atoms with Crippen LogP contribution in [0.2, 0.25) is 0 Å². The van der Waals surface area contributed by atoms with Gasteiger partial charge in [0.2, 0.25) is 0 Å². The van der Waals surface area contributed by atoms with Gasteiger partial charge in [0.1, 0.15) is 0 Å². The minimum atomic E-state index is -0.421. The fraction of sp³-hybridized carbons (Fsp3) is 0.364. The van der Waals surface area contributed by atoms with E-state index in [1.54, 1.807) is 11.9 Å². The van der Waals surface area contributed by atoms with Gasteiger partial charge in [-0.3, -0.25) is 0 Å². The van der Waals surface area contributed by atoms with Crippen molar-refractivity contribution in [2.24, 2.45) is 5.84 Å². The molecule has 0 fully saturated rings. The fourth-order valence-corrected chi connectivity index (χ4v) is 1.63. The molecule has 0 bridgehead atoms. The molecule has 1 rings (SSSR count). The number of anilines is 1. The van der Waals surface area contributed by atoms with Gasteiger partial charge in [-0.1, -0.05) is 22.0 Å². The van der Waals surface area contributed by atoms with Crippen molar-refractivity contribution in [2.45, 2.75) is 6.92 Å². The number of carbonyl (C=O) groups excluding carboxylic acids is 1. The second-order valence-electron chi connectivity index (χ2n) is 3.32. The maximum atomic E-state index is 11.0. The maximum absolute atomic E-state index is 11.0. The second-order valence-corrected chi connectivity index (χ2v) is 4.24. The number of carbonyl (C=O) groups is 1. The van der Waals surface area contributed by atoms with Crippen LogP contribution in [0.1, 0.15) is 6.92 Å². The third kappa shape index (κ3) is 5.06. The molecule has 5 nitrogen and oxygen atoms in total. The van der Waals surface area contributed by atoms with Gasteiger partial charge in [0, 0.05) is 11.0 Å². The van der Waals surface area contributed by atoms with Gasteiger partial charge in [0.25, 0.3) is 0 Å². The highest BCUT2D eigenvalue weighted by atomic mass is 79.9. The van der Waals surface area contributed by atoms with E-state index in [0.717, 1.165) is 10.2 Å². The van der Waals surface area contributed by atoms with Crippen LogP contribution >= 0.6 is 15.9 Å². The monoisotopic (exact) mass is 301 g/mol. The van der Waals surface area contributed by atoms with E-state index in [1.807, 2.05) is 24.3 Å². The van der Waals surface area contributed by atoms with Crippen LogP contribution in [-0.2, 0) is 4.74 Å². The summed E-state index contributed by atoms with van der Waals surface area (Å²) in [6, 6.07) is 7.63. The third-order valence-corrected chi connectivity index (χ3v) is 2.53. The quantitative estimate of drug-likeness (QED) is 0.644. The molecule has 17 heavy (non-hydrogen) atoms. The number of rotatable bonds is 5. The Balaban J connectivity index is 2.35. The molecule has 0 saturated heterocycles. The van der Waals surface area contributed by atoms with Crippen molar-refractivity contribution >= 4 is 27.7 Å². The van der Waals surface area contributed by atoms with E-state index in [0.29, 0.717) is 19.7 Å². The Kier molecular flexibility index (Phi) is 5.79. The van der Waals surface area contributed by atoms with E-state index in [2.05, 4.69) is 21.2 Å². The molecule has 0 heterocycles. The smallest absolute Gasteiger partial charge is 0.407 e. The van der Waals surface area contributed by atoms with Crippen molar-refractivity contribution in [1.82, 2.24) is 5.32 Å². The summed E-state index contributed by atoms with van der Waals surface area (Å²) in [5, 5.41) is 4.17. The summed E-state index contributed by atoms with van der Waals surface area (Å²) in [6.45, 7) is 3.07.